The Balaban J connectivity index is 2.21. The molecule has 1 saturated carbocycles. The Morgan fingerprint density at radius 1 is 1.44 bits per heavy atom. The molecule has 5 nitrogen and oxygen atoms in total. The smallest absolute Gasteiger partial charge is 0.248 e. The van der Waals surface area contributed by atoms with Gasteiger partial charge in [-0.25, -0.2) is 5.48 Å². The zero-order valence-electron chi connectivity index (χ0n) is 9.69. The lowest BCUT2D eigenvalue weighted by Gasteiger charge is -2.41. The van der Waals surface area contributed by atoms with E-state index in [0.717, 1.165) is 19.4 Å². The second-order valence-electron chi connectivity index (χ2n) is 5.26. The van der Waals surface area contributed by atoms with Crippen molar-refractivity contribution in [1.82, 2.24) is 10.4 Å². The van der Waals surface area contributed by atoms with Crippen molar-refractivity contribution in [3.8, 4) is 0 Å². The van der Waals surface area contributed by atoms with Crippen LogP contribution in [0.4, 0.5) is 0 Å². The quantitative estimate of drug-likeness (QED) is 0.520. The van der Waals surface area contributed by atoms with Gasteiger partial charge in [-0.1, -0.05) is 0 Å². The van der Waals surface area contributed by atoms with Crippen LogP contribution in [0.5, 0.6) is 0 Å². The number of rotatable bonds is 2. The molecule has 1 aliphatic carbocycles. The van der Waals surface area contributed by atoms with Crippen molar-refractivity contribution >= 4 is 11.7 Å². The van der Waals surface area contributed by atoms with Gasteiger partial charge in [0, 0.05) is 6.54 Å². The number of Topliss-reactive ketones (excluding diaryl/α,β-unsaturated/α-hetero) is 1. The number of hydroxylamine groups is 1. The third kappa shape index (κ3) is 1.85. The van der Waals surface area contributed by atoms with Crippen LogP contribution in [0.15, 0.2) is 0 Å². The summed E-state index contributed by atoms with van der Waals surface area (Å²) < 4.78 is 0. The first kappa shape index (κ1) is 11.5. The zero-order valence-corrected chi connectivity index (χ0v) is 9.69. The predicted molar refractivity (Wildman–Crippen MR) is 56.8 cm³/mol. The molecule has 1 spiro atoms. The summed E-state index contributed by atoms with van der Waals surface area (Å²) in [5.41, 5.74) is 1.91. The maximum Gasteiger partial charge on any atom is 0.248 e. The summed E-state index contributed by atoms with van der Waals surface area (Å²) in [5, 5.41) is 8.73. The lowest BCUT2D eigenvalue weighted by molar-refractivity contribution is -0.143. The molecule has 16 heavy (non-hydrogen) atoms. The first-order valence-electron chi connectivity index (χ1n) is 5.64. The lowest BCUT2D eigenvalue weighted by atomic mass is 9.79. The maximum atomic E-state index is 11.6. The highest BCUT2D eigenvalue weighted by Crippen LogP contribution is 2.54. The first-order valence-corrected chi connectivity index (χ1v) is 5.64. The van der Waals surface area contributed by atoms with Crippen LogP contribution in [0.1, 0.15) is 26.2 Å². The number of piperidine rings is 1. The van der Waals surface area contributed by atoms with Crippen molar-refractivity contribution in [2.24, 2.45) is 11.3 Å². The summed E-state index contributed by atoms with van der Waals surface area (Å²) in [6.07, 6.45) is 2.96. The number of nitrogens with one attached hydrogen (secondary N) is 1. The van der Waals surface area contributed by atoms with E-state index < -0.39 is 17.9 Å². The third-order valence-corrected chi connectivity index (χ3v) is 3.91. The van der Waals surface area contributed by atoms with Gasteiger partial charge in [0.15, 0.2) is 0 Å². The first-order chi connectivity index (χ1) is 7.49. The molecule has 1 aliphatic heterocycles. The Kier molecular flexibility index (Phi) is 2.75. The van der Waals surface area contributed by atoms with Gasteiger partial charge in [-0.05, 0) is 38.6 Å². The summed E-state index contributed by atoms with van der Waals surface area (Å²) >= 11 is 0. The van der Waals surface area contributed by atoms with Crippen molar-refractivity contribution in [1.29, 1.82) is 0 Å². The number of ketones is 1. The van der Waals surface area contributed by atoms with Gasteiger partial charge in [-0.15, -0.1) is 0 Å². The van der Waals surface area contributed by atoms with E-state index in [2.05, 4.69) is 0 Å². The largest absolute Gasteiger partial charge is 0.298 e. The van der Waals surface area contributed by atoms with Crippen molar-refractivity contribution in [2.45, 2.75) is 32.2 Å². The minimum absolute atomic E-state index is 0.00778. The average molecular weight is 226 g/mol. The topological polar surface area (TPSA) is 69.6 Å². The summed E-state index contributed by atoms with van der Waals surface area (Å²) in [7, 11) is 1.88. The molecule has 2 atom stereocenters. The molecule has 1 saturated heterocycles. The molecule has 0 bridgehead atoms. The van der Waals surface area contributed by atoms with Gasteiger partial charge >= 0.3 is 0 Å². The number of carbonyl (C=O) groups is 2. The van der Waals surface area contributed by atoms with Crippen LogP contribution in [0.3, 0.4) is 0 Å². The van der Waals surface area contributed by atoms with Gasteiger partial charge in [0.2, 0.25) is 5.91 Å². The molecule has 2 aliphatic rings. The molecule has 1 heterocycles. The molecule has 2 rings (SSSR count). The Bertz CT molecular complexity index is 325. The molecular formula is C11H18N2O3. The van der Waals surface area contributed by atoms with Crippen LogP contribution in [0.2, 0.25) is 0 Å². The van der Waals surface area contributed by atoms with E-state index in [-0.39, 0.29) is 11.2 Å². The average Bonchev–Trinajstić information content (AvgIpc) is 2.94. The molecule has 0 aromatic heterocycles. The van der Waals surface area contributed by atoms with Gasteiger partial charge in [-0.2, -0.15) is 0 Å². The maximum absolute atomic E-state index is 11.6. The standard InChI is InChI=1S/C11H18N2O3/c1-7(14)9-8(10(15)12-16)5-11(3-4-11)6-13(9)2/h8-9,16H,3-6H2,1-2H3,(H,12,15). The summed E-state index contributed by atoms with van der Waals surface area (Å²) in [4.78, 5) is 25.1. The number of carbonyl (C=O) groups excluding carboxylic acids is 2. The molecule has 1 amide bonds. The number of likely N-dealkylation sites (tertiary alicyclic amines) is 1. The molecule has 2 N–H and O–H groups in total. The molecule has 2 fully saturated rings. The van der Waals surface area contributed by atoms with Crippen molar-refractivity contribution in [2.75, 3.05) is 13.6 Å². The molecule has 5 heteroatoms. The fraction of sp³-hybridized carbons (Fsp3) is 0.818. The number of hydrogen-bond acceptors (Lipinski definition) is 4. The number of hydrogen-bond donors (Lipinski definition) is 2. The molecule has 2 unspecified atom stereocenters. The van der Waals surface area contributed by atoms with Gasteiger partial charge in [0.1, 0.15) is 5.78 Å². The Morgan fingerprint density at radius 3 is 2.50 bits per heavy atom. The molecule has 0 aromatic carbocycles. The van der Waals surface area contributed by atoms with E-state index >= 15 is 0 Å². The minimum atomic E-state index is -0.432. The predicted octanol–water partition coefficient (Wildman–Crippen LogP) is 0.181. The highest BCUT2D eigenvalue weighted by atomic mass is 16.5. The Morgan fingerprint density at radius 2 is 2.06 bits per heavy atom. The zero-order chi connectivity index (χ0) is 11.9. The number of amides is 1. The molecule has 90 valence electrons. The molecule has 0 aromatic rings. The van der Waals surface area contributed by atoms with Crippen LogP contribution in [-0.2, 0) is 9.59 Å². The summed E-state index contributed by atoms with van der Waals surface area (Å²) in [6, 6.07) is -0.390. The van der Waals surface area contributed by atoms with Gasteiger partial charge in [-0.3, -0.25) is 19.7 Å². The van der Waals surface area contributed by atoms with Crippen LogP contribution in [0, 0.1) is 11.3 Å². The number of likely N-dealkylation sites (N-methyl/N-ethyl adjacent to an activating group) is 1. The van der Waals surface area contributed by atoms with Crippen molar-refractivity contribution < 1.29 is 14.8 Å². The van der Waals surface area contributed by atoms with E-state index in [4.69, 9.17) is 5.21 Å². The highest BCUT2D eigenvalue weighted by Gasteiger charge is 2.53. The SMILES string of the molecule is CC(=O)C1C(C(=O)NO)CC2(CC2)CN1C. The third-order valence-electron chi connectivity index (χ3n) is 3.91. The van der Waals surface area contributed by atoms with Gasteiger partial charge in [0.25, 0.3) is 0 Å². The second-order valence-corrected chi connectivity index (χ2v) is 5.26. The lowest BCUT2D eigenvalue weighted by Crippen LogP contribution is -2.55. The van der Waals surface area contributed by atoms with Gasteiger partial charge in [0.05, 0.1) is 12.0 Å². The van der Waals surface area contributed by atoms with E-state index in [9.17, 15) is 9.59 Å². The molecule has 0 radical (unpaired) electrons. The van der Waals surface area contributed by atoms with E-state index in [1.54, 1.807) is 5.48 Å². The number of nitrogens with zero attached hydrogens (tertiary/aromatic N) is 1. The van der Waals surface area contributed by atoms with E-state index in [0.29, 0.717) is 6.42 Å². The fourth-order valence-electron chi connectivity index (χ4n) is 3.03. The monoisotopic (exact) mass is 226 g/mol. The van der Waals surface area contributed by atoms with E-state index in [1.807, 2.05) is 11.9 Å². The second kappa shape index (κ2) is 3.82. The van der Waals surface area contributed by atoms with Crippen LogP contribution in [-0.4, -0.2) is 41.4 Å². The molecular weight excluding hydrogens is 208 g/mol. The van der Waals surface area contributed by atoms with Crippen LogP contribution in [0.25, 0.3) is 0 Å². The minimum Gasteiger partial charge on any atom is -0.298 e. The Hall–Kier alpha value is -0.940. The van der Waals surface area contributed by atoms with Crippen molar-refractivity contribution in [3.05, 3.63) is 0 Å². The van der Waals surface area contributed by atoms with Gasteiger partial charge < -0.3 is 0 Å². The highest BCUT2D eigenvalue weighted by molar-refractivity contribution is 5.90. The van der Waals surface area contributed by atoms with Crippen LogP contribution < -0.4 is 5.48 Å². The summed E-state index contributed by atoms with van der Waals surface area (Å²) in [5.74, 6) is -0.853. The fourth-order valence-corrected chi connectivity index (χ4v) is 3.03. The Labute approximate surface area is 94.8 Å². The van der Waals surface area contributed by atoms with E-state index in [1.165, 1.54) is 6.92 Å². The van der Waals surface area contributed by atoms with Crippen LogP contribution >= 0.6 is 0 Å². The normalized spacial score (nSPS) is 32.4. The summed E-state index contributed by atoms with van der Waals surface area (Å²) in [6.45, 7) is 2.39. The van der Waals surface area contributed by atoms with Crippen molar-refractivity contribution in [3.63, 3.8) is 0 Å².